The highest BCUT2D eigenvalue weighted by atomic mass is 32.1. The second-order valence-corrected chi connectivity index (χ2v) is 8.42. The summed E-state index contributed by atoms with van der Waals surface area (Å²) in [7, 11) is 1.60. The Morgan fingerprint density at radius 1 is 1.09 bits per heavy atom. The Bertz CT molecular complexity index is 1060. The van der Waals surface area contributed by atoms with Gasteiger partial charge in [0, 0.05) is 24.7 Å². The molecule has 1 fully saturated rings. The minimum absolute atomic E-state index is 0.0279. The number of hydrogen-bond donors (Lipinski definition) is 1. The number of carbonyl (C=O) groups is 2. The maximum atomic E-state index is 12.7. The third-order valence-corrected chi connectivity index (χ3v) is 6.30. The number of anilines is 1. The van der Waals surface area contributed by atoms with Gasteiger partial charge in [0.15, 0.2) is 6.61 Å². The molecule has 0 saturated carbocycles. The number of methoxy groups -OCH3 is 1. The van der Waals surface area contributed by atoms with Crippen molar-refractivity contribution in [2.24, 2.45) is 0 Å². The van der Waals surface area contributed by atoms with E-state index in [1.807, 2.05) is 30.3 Å². The van der Waals surface area contributed by atoms with Gasteiger partial charge in [-0.1, -0.05) is 29.5 Å². The Morgan fingerprint density at radius 3 is 2.59 bits per heavy atom. The minimum atomic E-state index is -0.281. The largest absolute Gasteiger partial charge is 0.497 e. The highest BCUT2D eigenvalue weighted by molar-refractivity contribution is 7.13. The van der Waals surface area contributed by atoms with Crippen molar-refractivity contribution >= 4 is 28.8 Å². The molecule has 2 heterocycles. The number of aromatic nitrogens is 2. The number of carbonyl (C=O) groups excluding carboxylic acids is 2. The van der Waals surface area contributed by atoms with Crippen LogP contribution >= 0.6 is 11.3 Å². The smallest absolute Gasteiger partial charge is 0.286 e. The second-order valence-electron chi connectivity index (χ2n) is 7.41. The molecule has 4 rings (SSSR count). The summed E-state index contributed by atoms with van der Waals surface area (Å²) < 4.78 is 10.8. The molecule has 0 radical (unpaired) electrons. The number of nitrogens with one attached hydrogen (secondary N) is 1. The molecule has 8 nitrogen and oxygen atoms in total. The summed E-state index contributed by atoms with van der Waals surface area (Å²) in [5.41, 5.74) is 0.709. The van der Waals surface area contributed by atoms with Crippen LogP contribution in [0.4, 0.5) is 5.69 Å². The van der Waals surface area contributed by atoms with Crippen LogP contribution in [0, 0.1) is 0 Å². The molecule has 32 heavy (non-hydrogen) atoms. The summed E-state index contributed by atoms with van der Waals surface area (Å²) in [6.07, 6.45) is 1.77. The van der Waals surface area contributed by atoms with Crippen LogP contribution in [-0.2, 0) is 4.79 Å². The van der Waals surface area contributed by atoms with E-state index < -0.39 is 0 Å². The van der Waals surface area contributed by atoms with Crippen molar-refractivity contribution in [1.82, 2.24) is 15.1 Å². The zero-order valence-electron chi connectivity index (χ0n) is 17.7. The molecule has 0 bridgehead atoms. The first kappa shape index (κ1) is 21.8. The van der Waals surface area contributed by atoms with Crippen LogP contribution in [0.3, 0.4) is 0 Å². The Morgan fingerprint density at radius 2 is 1.84 bits per heavy atom. The topological polar surface area (TPSA) is 93.7 Å². The van der Waals surface area contributed by atoms with Gasteiger partial charge in [-0.05, 0) is 49.2 Å². The van der Waals surface area contributed by atoms with Crippen LogP contribution < -0.4 is 14.8 Å². The lowest BCUT2D eigenvalue weighted by atomic mass is 9.99. The van der Waals surface area contributed by atoms with E-state index in [0.717, 1.165) is 23.6 Å². The van der Waals surface area contributed by atoms with Crippen LogP contribution in [0.25, 0.3) is 0 Å². The molecule has 1 saturated heterocycles. The van der Waals surface area contributed by atoms with Crippen molar-refractivity contribution in [2.75, 3.05) is 32.1 Å². The van der Waals surface area contributed by atoms with E-state index in [1.165, 1.54) is 11.3 Å². The first-order chi connectivity index (χ1) is 15.6. The lowest BCUT2D eigenvalue weighted by molar-refractivity contribution is -0.134. The molecular formula is C23H24N4O4S. The fourth-order valence-corrected chi connectivity index (χ4v) is 4.38. The Balaban J connectivity index is 1.32. The molecule has 0 spiro atoms. The molecule has 2 aromatic carbocycles. The number of amides is 2. The molecule has 1 N–H and O–H groups in total. The minimum Gasteiger partial charge on any atom is -0.497 e. The van der Waals surface area contributed by atoms with Gasteiger partial charge in [0.2, 0.25) is 5.01 Å². The number of para-hydroxylation sites is 1. The Kier molecular flexibility index (Phi) is 6.96. The molecule has 1 aromatic heterocycles. The van der Waals surface area contributed by atoms with Crippen molar-refractivity contribution in [3.8, 4) is 11.5 Å². The first-order valence-corrected chi connectivity index (χ1v) is 11.2. The normalized spacial score (nSPS) is 15.8. The summed E-state index contributed by atoms with van der Waals surface area (Å²) in [6, 6.07) is 16.4. The zero-order chi connectivity index (χ0) is 22.3. The number of nitrogens with zero attached hydrogens (tertiary/aromatic N) is 3. The van der Waals surface area contributed by atoms with Crippen molar-refractivity contribution in [3.05, 3.63) is 64.6 Å². The third kappa shape index (κ3) is 5.42. The standard InChI is InChI=1S/C23H24N4O4S/c1-30-18-9-11-19(12-10-18)31-15-20(28)27-13-5-6-16(14-27)22-25-26-23(32-22)21(29)24-17-7-3-2-4-8-17/h2-4,7-12,16H,5-6,13-15H2,1H3,(H,24,29). The van der Waals surface area contributed by atoms with Crippen LogP contribution in [0.2, 0.25) is 0 Å². The number of rotatable bonds is 7. The van der Waals surface area contributed by atoms with Gasteiger partial charge in [0.05, 0.1) is 7.11 Å². The van der Waals surface area contributed by atoms with Gasteiger partial charge >= 0.3 is 0 Å². The molecular weight excluding hydrogens is 428 g/mol. The number of ether oxygens (including phenoxy) is 2. The molecule has 1 aliphatic rings. The van der Waals surface area contributed by atoms with E-state index in [1.54, 1.807) is 36.3 Å². The summed E-state index contributed by atoms with van der Waals surface area (Å²) in [5.74, 6) is 1.06. The maximum absolute atomic E-state index is 12.7. The van der Waals surface area contributed by atoms with Crippen molar-refractivity contribution in [2.45, 2.75) is 18.8 Å². The van der Waals surface area contributed by atoms with E-state index in [0.29, 0.717) is 29.5 Å². The Hall–Kier alpha value is -3.46. The van der Waals surface area contributed by atoms with Gasteiger partial charge in [0.1, 0.15) is 16.5 Å². The van der Waals surface area contributed by atoms with Gasteiger partial charge in [-0.25, -0.2) is 0 Å². The fourth-order valence-electron chi connectivity index (χ4n) is 3.51. The Labute approximate surface area is 190 Å². The van der Waals surface area contributed by atoms with Crippen molar-refractivity contribution in [3.63, 3.8) is 0 Å². The van der Waals surface area contributed by atoms with E-state index in [9.17, 15) is 9.59 Å². The van der Waals surface area contributed by atoms with E-state index in [4.69, 9.17) is 9.47 Å². The maximum Gasteiger partial charge on any atom is 0.286 e. The summed E-state index contributed by atoms with van der Waals surface area (Å²) in [5, 5.41) is 12.2. The van der Waals surface area contributed by atoms with Gasteiger partial charge in [-0.2, -0.15) is 0 Å². The van der Waals surface area contributed by atoms with E-state index >= 15 is 0 Å². The molecule has 2 amide bonds. The van der Waals surface area contributed by atoms with E-state index in [2.05, 4.69) is 15.5 Å². The van der Waals surface area contributed by atoms with Crippen molar-refractivity contribution < 1.29 is 19.1 Å². The van der Waals surface area contributed by atoms with Crippen LogP contribution in [0.15, 0.2) is 54.6 Å². The summed E-state index contributed by atoms with van der Waals surface area (Å²) in [4.78, 5) is 26.9. The summed E-state index contributed by atoms with van der Waals surface area (Å²) in [6.45, 7) is 1.20. The summed E-state index contributed by atoms with van der Waals surface area (Å²) >= 11 is 1.28. The molecule has 1 unspecified atom stereocenters. The predicted octanol–water partition coefficient (Wildman–Crippen LogP) is 3.58. The van der Waals surface area contributed by atoms with Crippen molar-refractivity contribution in [1.29, 1.82) is 0 Å². The van der Waals surface area contributed by atoms with Crippen LogP contribution in [0.1, 0.15) is 33.6 Å². The van der Waals surface area contributed by atoms with Gasteiger partial charge in [-0.15, -0.1) is 10.2 Å². The molecule has 0 aliphatic carbocycles. The zero-order valence-corrected chi connectivity index (χ0v) is 18.5. The SMILES string of the molecule is COc1ccc(OCC(=O)N2CCCC(c3nnc(C(=O)Nc4ccccc4)s3)C2)cc1. The number of likely N-dealkylation sites (tertiary alicyclic amines) is 1. The van der Waals surface area contributed by atoms with Crippen LogP contribution in [0.5, 0.6) is 11.5 Å². The lowest BCUT2D eigenvalue weighted by Gasteiger charge is -2.31. The second kappa shape index (κ2) is 10.2. The number of hydrogen-bond acceptors (Lipinski definition) is 7. The molecule has 9 heteroatoms. The average molecular weight is 453 g/mol. The predicted molar refractivity (Wildman–Crippen MR) is 121 cm³/mol. The van der Waals surface area contributed by atoms with E-state index in [-0.39, 0.29) is 24.3 Å². The van der Waals surface area contributed by atoms with Gasteiger partial charge in [0.25, 0.3) is 11.8 Å². The highest BCUT2D eigenvalue weighted by Crippen LogP contribution is 2.29. The third-order valence-electron chi connectivity index (χ3n) is 5.21. The first-order valence-electron chi connectivity index (χ1n) is 10.4. The quantitative estimate of drug-likeness (QED) is 0.589. The average Bonchev–Trinajstić information content (AvgIpc) is 3.34. The van der Waals surface area contributed by atoms with Gasteiger partial charge in [-0.3, -0.25) is 9.59 Å². The monoisotopic (exact) mass is 452 g/mol. The fraction of sp³-hybridized carbons (Fsp3) is 0.304. The molecule has 166 valence electrons. The lowest BCUT2D eigenvalue weighted by Crippen LogP contribution is -2.41. The highest BCUT2D eigenvalue weighted by Gasteiger charge is 2.28. The number of benzene rings is 2. The van der Waals surface area contributed by atoms with Crippen LogP contribution in [-0.4, -0.2) is 53.7 Å². The number of piperidine rings is 1. The molecule has 3 aromatic rings. The molecule has 1 aliphatic heterocycles. The molecule has 1 atom stereocenters. The van der Waals surface area contributed by atoms with Gasteiger partial charge < -0.3 is 19.7 Å².